The second kappa shape index (κ2) is 7.61. The van der Waals surface area contributed by atoms with Crippen molar-refractivity contribution in [2.24, 2.45) is 0 Å². The summed E-state index contributed by atoms with van der Waals surface area (Å²) in [5, 5.41) is 3.69. The quantitative estimate of drug-likeness (QED) is 0.877. The van der Waals surface area contributed by atoms with E-state index in [-0.39, 0.29) is 18.5 Å². The van der Waals surface area contributed by atoms with E-state index in [2.05, 4.69) is 10.3 Å². The molecule has 0 aliphatic carbocycles. The minimum Gasteiger partial charge on any atom is -0.459 e. The van der Waals surface area contributed by atoms with Crippen molar-refractivity contribution in [2.75, 3.05) is 19.6 Å². The van der Waals surface area contributed by atoms with Gasteiger partial charge in [0.05, 0.1) is 12.2 Å². The lowest BCUT2D eigenvalue weighted by Gasteiger charge is -2.31. The average molecular weight is 369 g/mol. The summed E-state index contributed by atoms with van der Waals surface area (Å²) in [5.41, 5.74) is 0.668. The summed E-state index contributed by atoms with van der Waals surface area (Å²) in [6.45, 7) is 4.62. The number of hydrogen-bond acceptors (Lipinski definition) is 5. The van der Waals surface area contributed by atoms with Gasteiger partial charge in [-0.1, -0.05) is 0 Å². The fourth-order valence-corrected chi connectivity index (χ4v) is 3.90. The van der Waals surface area contributed by atoms with Crippen molar-refractivity contribution in [2.45, 2.75) is 39.2 Å². The van der Waals surface area contributed by atoms with Crippen LogP contribution in [0.25, 0.3) is 10.8 Å². The predicted octanol–water partition coefficient (Wildman–Crippen LogP) is 3.48. The number of aryl methyl sites for hydroxylation is 2. The number of halogens is 2. The molecule has 1 aliphatic heterocycles. The van der Waals surface area contributed by atoms with Gasteiger partial charge in [-0.15, -0.1) is 11.3 Å². The molecule has 0 bridgehead atoms. The molecule has 0 saturated carbocycles. The van der Waals surface area contributed by atoms with Gasteiger partial charge in [0.15, 0.2) is 10.8 Å². The molecule has 1 amide bonds. The van der Waals surface area contributed by atoms with Crippen LogP contribution in [0.3, 0.4) is 0 Å². The molecular weight excluding hydrogens is 348 g/mol. The van der Waals surface area contributed by atoms with Crippen LogP contribution in [0.1, 0.15) is 34.0 Å². The van der Waals surface area contributed by atoms with Crippen LogP contribution in [0.4, 0.5) is 8.78 Å². The molecule has 25 heavy (non-hydrogen) atoms. The molecule has 5 nitrogen and oxygen atoms in total. The zero-order chi connectivity index (χ0) is 18.0. The van der Waals surface area contributed by atoms with E-state index < -0.39 is 6.43 Å². The van der Waals surface area contributed by atoms with Crippen molar-refractivity contribution in [3.05, 3.63) is 28.5 Å². The lowest BCUT2D eigenvalue weighted by Crippen LogP contribution is -2.45. The second-order valence-electron chi connectivity index (χ2n) is 6.28. The number of alkyl halides is 2. The summed E-state index contributed by atoms with van der Waals surface area (Å²) < 4.78 is 30.4. The largest absolute Gasteiger partial charge is 0.459 e. The molecule has 2 aromatic rings. The Balaban J connectivity index is 1.60. The van der Waals surface area contributed by atoms with E-state index >= 15 is 0 Å². The highest BCUT2D eigenvalue weighted by Crippen LogP contribution is 2.29. The van der Waals surface area contributed by atoms with E-state index in [9.17, 15) is 13.6 Å². The van der Waals surface area contributed by atoms with E-state index in [1.807, 2.05) is 19.1 Å². The molecule has 0 radical (unpaired) electrons. The molecule has 0 aromatic carbocycles. The third kappa shape index (κ3) is 4.43. The van der Waals surface area contributed by atoms with Crippen molar-refractivity contribution >= 4 is 17.2 Å². The lowest BCUT2D eigenvalue weighted by molar-refractivity contribution is 0.0697. The number of furan rings is 1. The molecule has 3 rings (SSSR count). The molecule has 0 atom stereocenters. The van der Waals surface area contributed by atoms with E-state index in [0.29, 0.717) is 47.3 Å². The summed E-state index contributed by atoms with van der Waals surface area (Å²) in [4.78, 5) is 19.3. The number of likely N-dealkylation sites (tertiary alicyclic amines) is 1. The summed E-state index contributed by atoms with van der Waals surface area (Å²) in [5.74, 6) is 1.30. The summed E-state index contributed by atoms with van der Waals surface area (Å²) in [6.07, 6.45) is -0.948. The van der Waals surface area contributed by atoms with Crippen LogP contribution in [0, 0.1) is 13.8 Å². The van der Waals surface area contributed by atoms with Crippen molar-refractivity contribution in [3.63, 3.8) is 0 Å². The maximum Gasteiger partial charge on any atom is 0.263 e. The summed E-state index contributed by atoms with van der Waals surface area (Å²) in [6, 6.07) is 3.71. The van der Waals surface area contributed by atoms with Crippen LogP contribution in [0.2, 0.25) is 0 Å². The Morgan fingerprint density at radius 1 is 1.40 bits per heavy atom. The first-order valence-corrected chi connectivity index (χ1v) is 9.09. The number of nitrogens with zero attached hydrogens (tertiary/aromatic N) is 2. The normalized spacial score (nSPS) is 16.5. The molecule has 1 fully saturated rings. The number of aromatic nitrogens is 1. The molecule has 0 unspecified atom stereocenters. The highest BCUT2D eigenvalue weighted by atomic mass is 32.1. The van der Waals surface area contributed by atoms with E-state index in [4.69, 9.17) is 4.42 Å². The maximum atomic E-state index is 12.5. The van der Waals surface area contributed by atoms with Crippen LogP contribution in [0.15, 0.2) is 16.5 Å². The van der Waals surface area contributed by atoms with Crippen molar-refractivity contribution in [1.29, 1.82) is 0 Å². The summed E-state index contributed by atoms with van der Waals surface area (Å²) >= 11 is 1.31. The zero-order valence-electron chi connectivity index (χ0n) is 14.2. The van der Waals surface area contributed by atoms with Crippen LogP contribution in [-0.4, -0.2) is 47.9 Å². The number of amides is 1. The Bertz CT molecular complexity index is 736. The van der Waals surface area contributed by atoms with Gasteiger partial charge in [0, 0.05) is 19.1 Å². The molecule has 1 saturated heterocycles. The molecule has 136 valence electrons. The molecule has 1 N–H and O–H groups in total. The van der Waals surface area contributed by atoms with E-state index in [1.165, 1.54) is 11.3 Å². The zero-order valence-corrected chi connectivity index (χ0v) is 15.0. The van der Waals surface area contributed by atoms with Gasteiger partial charge in [0.1, 0.15) is 10.6 Å². The number of rotatable bonds is 5. The fourth-order valence-electron chi connectivity index (χ4n) is 2.97. The highest BCUT2D eigenvalue weighted by molar-refractivity contribution is 7.17. The van der Waals surface area contributed by atoms with Gasteiger partial charge in [-0.25, -0.2) is 13.8 Å². The second-order valence-corrected chi connectivity index (χ2v) is 7.28. The third-order valence-electron chi connectivity index (χ3n) is 4.27. The Morgan fingerprint density at radius 2 is 2.12 bits per heavy atom. The highest BCUT2D eigenvalue weighted by Gasteiger charge is 2.25. The van der Waals surface area contributed by atoms with Crippen LogP contribution >= 0.6 is 11.3 Å². The van der Waals surface area contributed by atoms with Gasteiger partial charge in [-0.3, -0.25) is 9.69 Å². The SMILES string of the molecule is Cc1ccc(-c2nc(C)c(C(=O)NC3CCN(CC(F)F)CC3)s2)o1. The van der Waals surface area contributed by atoms with E-state index in [1.54, 1.807) is 11.8 Å². The van der Waals surface area contributed by atoms with Gasteiger partial charge >= 0.3 is 0 Å². The number of carbonyl (C=O) groups is 1. The average Bonchev–Trinajstić information content (AvgIpc) is 3.14. The van der Waals surface area contributed by atoms with Gasteiger partial charge in [0.2, 0.25) is 0 Å². The standard InChI is InChI=1S/C17H21F2N3O2S/c1-10-3-4-13(24-10)17-20-11(2)15(25-17)16(23)21-12-5-7-22(8-6-12)9-14(18)19/h3-4,12,14H,5-9H2,1-2H3,(H,21,23). The molecule has 2 aromatic heterocycles. The van der Waals surface area contributed by atoms with Gasteiger partial charge in [-0.05, 0) is 38.8 Å². The smallest absolute Gasteiger partial charge is 0.263 e. The minimum absolute atomic E-state index is 0.0113. The number of piperidine rings is 1. The summed E-state index contributed by atoms with van der Waals surface area (Å²) in [7, 11) is 0. The van der Waals surface area contributed by atoms with Gasteiger partial charge in [-0.2, -0.15) is 0 Å². The molecule has 3 heterocycles. The Kier molecular flexibility index (Phi) is 5.48. The topological polar surface area (TPSA) is 58.4 Å². The Hall–Kier alpha value is -1.80. The monoisotopic (exact) mass is 369 g/mol. The fraction of sp³-hybridized carbons (Fsp3) is 0.529. The number of thiazole rings is 1. The first-order chi connectivity index (χ1) is 11.9. The lowest BCUT2D eigenvalue weighted by atomic mass is 10.0. The van der Waals surface area contributed by atoms with Crippen molar-refractivity contribution in [1.82, 2.24) is 15.2 Å². The van der Waals surface area contributed by atoms with Crippen molar-refractivity contribution < 1.29 is 18.0 Å². The first-order valence-electron chi connectivity index (χ1n) is 8.28. The molecular formula is C17H21F2N3O2S. The maximum absolute atomic E-state index is 12.5. The minimum atomic E-state index is -2.31. The Labute approximate surface area is 149 Å². The van der Waals surface area contributed by atoms with Gasteiger partial charge in [0.25, 0.3) is 12.3 Å². The molecule has 0 spiro atoms. The number of carbonyl (C=O) groups excluding carboxylic acids is 1. The van der Waals surface area contributed by atoms with Crippen molar-refractivity contribution in [3.8, 4) is 10.8 Å². The Morgan fingerprint density at radius 3 is 2.72 bits per heavy atom. The van der Waals surface area contributed by atoms with Crippen LogP contribution < -0.4 is 5.32 Å². The molecule has 8 heteroatoms. The number of hydrogen-bond donors (Lipinski definition) is 1. The predicted molar refractivity (Wildman–Crippen MR) is 92.2 cm³/mol. The van der Waals surface area contributed by atoms with Crippen LogP contribution in [0.5, 0.6) is 0 Å². The van der Waals surface area contributed by atoms with Crippen LogP contribution in [-0.2, 0) is 0 Å². The third-order valence-corrected chi connectivity index (χ3v) is 5.44. The number of nitrogens with one attached hydrogen (secondary N) is 1. The van der Waals surface area contributed by atoms with Gasteiger partial charge < -0.3 is 9.73 Å². The molecule has 1 aliphatic rings. The first kappa shape index (κ1) is 18.0. The van der Waals surface area contributed by atoms with E-state index in [0.717, 1.165) is 5.76 Å².